The third-order valence-electron chi connectivity index (χ3n) is 9.48. The molecule has 64 heavy (non-hydrogen) atoms. The second kappa shape index (κ2) is 17.2. The molecule has 0 bridgehead atoms. The van der Waals surface area contributed by atoms with Crippen molar-refractivity contribution < 1.29 is 63.0 Å². The van der Waals surface area contributed by atoms with Crippen LogP contribution in [0.2, 0.25) is 0 Å². The van der Waals surface area contributed by atoms with Crippen molar-refractivity contribution in [3.8, 4) is 34.2 Å². The Kier molecular flexibility index (Phi) is 12.4. The van der Waals surface area contributed by atoms with Crippen molar-refractivity contribution in [2.24, 2.45) is 0 Å². The first-order valence-electron chi connectivity index (χ1n) is 17.9. The molecule has 3 aromatic heterocycles. The zero-order valence-electron chi connectivity index (χ0n) is 33.7. The lowest BCUT2D eigenvalue weighted by Gasteiger charge is -2.06. The number of nitrogens with one attached hydrogen (secondary N) is 3. The van der Waals surface area contributed by atoms with Crippen LogP contribution in [0.25, 0.3) is 67.3 Å². The molecule has 8 rings (SSSR count). The number of H-pyrrole nitrogens is 3. The number of imidazole rings is 3. The average Bonchev–Trinajstić information content (AvgIpc) is 4.06. The van der Waals surface area contributed by atoms with E-state index in [-0.39, 0.29) is 38.6 Å². The van der Waals surface area contributed by atoms with Crippen LogP contribution in [0, 0.1) is 0 Å². The van der Waals surface area contributed by atoms with Crippen molar-refractivity contribution >= 4 is 83.7 Å². The number of fused-ring (bicyclic) bond motifs is 3. The predicted octanol–water partition coefficient (Wildman–Crippen LogP) is 4.68. The average molecular weight is 975 g/mol. The topological polar surface area (TPSA) is 303 Å². The van der Waals surface area contributed by atoms with E-state index in [1.165, 1.54) is 24.3 Å². The highest BCUT2D eigenvalue weighted by Crippen LogP contribution is 2.33. The molecule has 0 atom stereocenters. The van der Waals surface area contributed by atoms with Gasteiger partial charge in [0.05, 0.1) is 72.3 Å². The van der Waals surface area contributed by atoms with E-state index < -0.39 is 70.2 Å². The molecule has 0 aliphatic rings. The highest BCUT2D eigenvalue weighted by molar-refractivity contribution is 7.88. The summed E-state index contributed by atoms with van der Waals surface area (Å²) in [6.07, 6.45) is 0. The molecule has 26 heteroatoms. The van der Waals surface area contributed by atoms with Gasteiger partial charge in [0.1, 0.15) is 38.3 Å². The normalized spacial score (nSPS) is 12.8. The van der Waals surface area contributed by atoms with Crippen molar-refractivity contribution in [1.29, 1.82) is 0 Å². The molecule has 5 aromatic carbocycles. The van der Waals surface area contributed by atoms with Crippen LogP contribution in [-0.2, 0) is 71.5 Å². The number of hydrogen-bond donors (Lipinski definition) is 3. The molecular weight excluding hydrogens is 941 g/mol. The van der Waals surface area contributed by atoms with Crippen LogP contribution in [0.5, 0.6) is 0 Å². The molecule has 3 heterocycles. The smallest absolute Gasteiger partial charge is 0.299 e. The standard InChI is InChI=1S/C24H22N4O12S4.C14H12N2O3S/c1-37-41(29,30)15-9-17-21(19(11-15)43(33,34)39-3)27-23(25-17)13-5-7-14(8-6-13)24-26-18-10-16(42(31,32)38-2)12-20(22(18)28-24)44(35,36)40-4;1-19-20(17,18)11-7-8-12-13(9-11)16-14(15-12)10-5-3-2-4-6-10/h5-12H,1-4H3,(H,25,27)(H,26,28);2-9H,1H3,(H,15,16). The zero-order valence-corrected chi connectivity index (χ0v) is 37.8. The molecule has 0 saturated heterocycles. The molecule has 0 aliphatic heterocycles. The van der Waals surface area contributed by atoms with Gasteiger partial charge in [-0.15, -0.1) is 0 Å². The summed E-state index contributed by atoms with van der Waals surface area (Å²) in [7, 11) is -16.1. The highest BCUT2D eigenvalue weighted by Gasteiger charge is 2.28. The Morgan fingerprint density at radius 1 is 0.375 bits per heavy atom. The fourth-order valence-corrected chi connectivity index (χ4v) is 10.2. The maximum Gasteiger partial charge on any atom is 0.299 e. The number of hydrogen-bond acceptors (Lipinski definition) is 18. The highest BCUT2D eigenvalue weighted by atomic mass is 32.2. The lowest BCUT2D eigenvalue weighted by molar-refractivity contribution is 0.394. The number of aromatic nitrogens is 6. The zero-order chi connectivity index (χ0) is 46.4. The van der Waals surface area contributed by atoms with Crippen LogP contribution in [0.3, 0.4) is 0 Å². The van der Waals surface area contributed by atoms with E-state index in [0.29, 0.717) is 28.0 Å². The van der Waals surface area contributed by atoms with E-state index in [2.05, 4.69) is 50.8 Å². The van der Waals surface area contributed by atoms with Gasteiger partial charge in [-0.1, -0.05) is 54.6 Å². The third kappa shape index (κ3) is 8.92. The summed E-state index contributed by atoms with van der Waals surface area (Å²) < 4.78 is 146. The fraction of sp³-hybridized carbons (Fsp3) is 0.132. The van der Waals surface area contributed by atoms with E-state index in [9.17, 15) is 42.1 Å². The van der Waals surface area contributed by atoms with Gasteiger partial charge < -0.3 is 15.0 Å². The van der Waals surface area contributed by atoms with Gasteiger partial charge >= 0.3 is 0 Å². The Morgan fingerprint density at radius 3 is 1.16 bits per heavy atom. The number of benzene rings is 5. The maximum atomic E-state index is 12.6. The minimum Gasteiger partial charge on any atom is -0.338 e. The van der Waals surface area contributed by atoms with Gasteiger partial charge in [-0.25, -0.2) is 15.0 Å². The van der Waals surface area contributed by atoms with Gasteiger partial charge in [0.25, 0.3) is 50.6 Å². The van der Waals surface area contributed by atoms with Gasteiger partial charge in [0.15, 0.2) is 0 Å². The largest absolute Gasteiger partial charge is 0.338 e. The predicted molar refractivity (Wildman–Crippen MR) is 229 cm³/mol. The summed E-state index contributed by atoms with van der Waals surface area (Å²) >= 11 is 0. The quantitative estimate of drug-likeness (QED) is 0.132. The summed E-state index contributed by atoms with van der Waals surface area (Å²) in [6.45, 7) is 0. The molecule has 0 aliphatic carbocycles. The van der Waals surface area contributed by atoms with Crippen molar-refractivity contribution in [2.45, 2.75) is 24.5 Å². The first-order chi connectivity index (χ1) is 30.2. The lowest BCUT2D eigenvalue weighted by atomic mass is 10.1. The fourth-order valence-electron chi connectivity index (χ4n) is 6.20. The van der Waals surface area contributed by atoms with Gasteiger partial charge in [-0.3, -0.25) is 20.9 Å². The number of aromatic amines is 3. The summed E-state index contributed by atoms with van der Waals surface area (Å²) in [6, 6.07) is 24.8. The Hall–Kier alpha value is -5.94. The molecule has 21 nitrogen and oxygen atoms in total. The lowest BCUT2D eigenvalue weighted by Crippen LogP contribution is -2.08. The van der Waals surface area contributed by atoms with Crippen molar-refractivity contribution in [2.75, 3.05) is 35.5 Å². The Morgan fingerprint density at radius 2 is 0.734 bits per heavy atom. The molecule has 0 amide bonds. The third-order valence-corrected chi connectivity index (χ3v) is 15.8. The van der Waals surface area contributed by atoms with Crippen molar-refractivity contribution in [3.05, 3.63) is 97.1 Å². The molecule has 336 valence electrons. The molecule has 8 aromatic rings. The number of nitrogens with zero attached hydrogens (tertiary/aromatic N) is 3. The Bertz CT molecular complexity index is 3500. The van der Waals surface area contributed by atoms with Gasteiger partial charge in [0.2, 0.25) is 0 Å². The van der Waals surface area contributed by atoms with Crippen molar-refractivity contribution in [1.82, 2.24) is 29.9 Å². The summed E-state index contributed by atoms with van der Waals surface area (Å²) in [5.41, 5.74) is 3.20. The van der Waals surface area contributed by atoms with Gasteiger partial charge in [0, 0.05) is 16.7 Å². The van der Waals surface area contributed by atoms with Crippen LogP contribution in [0.15, 0.2) is 122 Å². The monoisotopic (exact) mass is 974 g/mol. The molecule has 0 saturated carbocycles. The molecule has 0 spiro atoms. The molecule has 3 N–H and O–H groups in total. The Balaban J connectivity index is 0.000000254. The summed E-state index contributed by atoms with van der Waals surface area (Å²) in [4.78, 5) is 20.3. The number of rotatable bonds is 13. The minimum atomic E-state index is -4.38. The summed E-state index contributed by atoms with van der Waals surface area (Å²) in [5.74, 6) is 1.06. The van der Waals surface area contributed by atoms with Crippen LogP contribution < -0.4 is 0 Å². The van der Waals surface area contributed by atoms with Crippen LogP contribution in [0.4, 0.5) is 0 Å². The van der Waals surface area contributed by atoms with E-state index in [0.717, 1.165) is 53.2 Å². The van der Waals surface area contributed by atoms with Gasteiger partial charge in [-0.2, -0.15) is 42.1 Å². The Labute approximate surface area is 366 Å². The van der Waals surface area contributed by atoms with E-state index in [4.69, 9.17) is 0 Å². The van der Waals surface area contributed by atoms with Crippen LogP contribution in [0.1, 0.15) is 0 Å². The molecular formula is C38H34N6O15S5. The van der Waals surface area contributed by atoms with E-state index >= 15 is 0 Å². The molecule has 0 fully saturated rings. The first kappa shape index (κ1) is 46.1. The van der Waals surface area contributed by atoms with Gasteiger partial charge in [-0.05, 0) is 42.5 Å². The minimum absolute atomic E-state index is 0.0730. The van der Waals surface area contributed by atoms with Crippen molar-refractivity contribution in [3.63, 3.8) is 0 Å². The second-order valence-corrected chi connectivity index (χ2v) is 21.6. The second-order valence-electron chi connectivity index (χ2n) is 13.1. The molecule has 0 radical (unpaired) electrons. The maximum absolute atomic E-state index is 12.6. The van der Waals surface area contributed by atoms with E-state index in [1.54, 1.807) is 30.3 Å². The summed E-state index contributed by atoms with van der Waals surface area (Å²) in [5, 5.41) is 0. The van der Waals surface area contributed by atoms with Crippen LogP contribution in [-0.4, -0.2) is 108 Å². The molecule has 0 unspecified atom stereocenters. The van der Waals surface area contributed by atoms with Crippen LogP contribution >= 0.6 is 0 Å². The first-order valence-corrected chi connectivity index (χ1v) is 25.0. The SMILES string of the molecule is COS(=O)(=O)c1cc(S(=O)(=O)OC)c2nc(-c3ccc(-c4nc5c(S(=O)(=O)OC)cc(S(=O)(=O)OC)cc5[nH]4)cc3)[nH]c2c1.COS(=O)(=O)c1ccc2nc(-c3ccccc3)[nH]c2c1. The van der Waals surface area contributed by atoms with E-state index in [1.807, 2.05) is 30.3 Å².